The van der Waals surface area contributed by atoms with E-state index >= 15 is 9.59 Å². The third kappa shape index (κ3) is 9.49. The summed E-state index contributed by atoms with van der Waals surface area (Å²) >= 11 is 7.39. The fourth-order valence-corrected chi connectivity index (χ4v) is 11.1. The first-order valence-electron chi connectivity index (χ1n) is 23.7. The van der Waals surface area contributed by atoms with Crippen molar-refractivity contribution in [3.05, 3.63) is 213 Å². The molecule has 2 aliphatic rings. The molecule has 2 saturated heterocycles. The summed E-state index contributed by atoms with van der Waals surface area (Å²) in [6.45, 7) is 3.19. The van der Waals surface area contributed by atoms with Gasteiger partial charge in [0.15, 0.2) is 12.5 Å². The number of aldehydes is 1. The van der Waals surface area contributed by atoms with Gasteiger partial charge in [-0.2, -0.15) is 0 Å². The second-order valence-electron chi connectivity index (χ2n) is 17.9. The summed E-state index contributed by atoms with van der Waals surface area (Å²) in [6, 6.07) is 54.6. The number of nitrogens with one attached hydrogen (secondary N) is 3. The predicted octanol–water partition coefficient (Wildman–Crippen LogP) is 10.7. The number of aliphatic hydroxyl groups excluding tert-OH is 1. The van der Waals surface area contributed by atoms with Crippen molar-refractivity contribution in [2.75, 3.05) is 39.3 Å². The van der Waals surface area contributed by atoms with E-state index in [0.717, 1.165) is 31.9 Å². The summed E-state index contributed by atoms with van der Waals surface area (Å²) in [5.41, 5.74) is 8.05. The molecule has 2 aromatic heterocycles. The first-order valence-corrected chi connectivity index (χ1v) is 25.3. The molecule has 70 heavy (non-hydrogen) atoms. The molecule has 352 valence electrons. The van der Waals surface area contributed by atoms with Crippen molar-refractivity contribution in [2.45, 2.75) is 31.2 Å². The molecule has 2 fully saturated rings. The topological polar surface area (TPSA) is 123 Å². The molecule has 10 rings (SSSR count). The van der Waals surface area contributed by atoms with Gasteiger partial charge in [0.2, 0.25) is 0 Å². The van der Waals surface area contributed by atoms with Crippen LogP contribution in [0.3, 0.4) is 0 Å². The molecule has 10 nitrogen and oxygen atoms in total. The molecular weight excluding hydrogens is 1000 g/mol. The lowest BCUT2D eigenvalue weighted by Gasteiger charge is -2.37. The zero-order valence-electron chi connectivity index (χ0n) is 38.4. The number of halogens is 2. The number of hydrogen-bond acceptors (Lipinski definition) is 6. The zero-order chi connectivity index (χ0) is 48.1. The van der Waals surface area contributed by atoms with Crippen molar-refractivity contribution in [3.63, 3.8) is 0 Å². The van der Waals surface area contributed by atoms with E-state index in [-0.39, 0.29) is 41.0 Å². The van der Waals surface area contributed by atoms with Crippen LogP contribution in [0.2, 0.25) is 0 Å². The average Bonchev–Trinajstić information content (AvgIpc) is 3.97. The van der Waals surface area contributed by atoms with Crippen LogP contribution in [0.1, 0.15) is 54.5 Å². The van der Waals surface area contributed by atoms with Crippen LogP contribution < -0.4 is 10.6 Å². The fourth-order valence-electron chi connectivity index (χ4n) is 10.3. The fraction of sp³-hybridized carbons (Fsp3) is 0.190. The molecule has 0 aliphatic carbocycles. The Hall–Kier alpha value is -6.67. The normalized spacial score (nSPS) is 16.5. The number of carbonyl (C=O) groups excluding carboxylic acids is 3. The van der Waals surface area contributed by atoms with Crippen LogP contribution in [-0.2, 0) is 12.8 Å². The van der Waals surface area contributed by atoms with Crippen LogP contribution in [0.15, 0.2) is 179 Å². The molecule has 2 aliphatic heterocycles. The maximum atomic E-state index is 16.1. The van der Waals surface area contributed by atoms with E-state index < -0.39 is 6.23 Å². The van der Waals surface area contributed by atoms with Crippen LogP contribution in [0.25, 0.3) is 44.5 Å². The summed E-state index contributed by atoms with van der Waals surface area (Å²) in [5, 5.41) is 20.7. The number of H-pyrrole nitrogens is 1. The summed E-state index contributed by atoms with van der Waals surface area (Å²) < 4.78 is 3.08. The summed E-state index contributed by atoms with van der Waals surface area (Å²) in [4.78, 5) is 53.2. The largest absolute Gasteiger partial charge is 0.368 e. The Morgan fingerprint density at radius 3 is 1.53 bits per heavy atom. The van der Waals surface area contributed by atoms with E-state index in [0.29, 0.717) is 96.7 Å². The average molecular weight is 1060 g/mol. The van der Waals surface area contributed by atoms with Crippen molar-refractivity contribution in [1.82, 2.24) is 30.0 Å². The lowest BCUT2D eigenvalue weighted by atomic mass is 9.93. The van der Waals surface area contributed by atoms with Gasteiger partial charge in [-0.25, -0.2) is 0 Å². The van der Waals surface area contributed by atoms with Crippen LogP contribution in [0, 0.1) is 0 Å². The van der Waals surface area contributed by atoms with Gasteiger partial charge >= 0.3 is 0 Å². The van der Waals surface area contributed by atoms with E-state index in [1.165, 1.54) is 4.57 Å². The minimum absolute atomic E-state index is 0.108. The van der Waals surface area contributed by atoms with E-state index in [4.69, 9.17) is 0 Å². The van der Waals surface area contributed by atoms with Gasteiger partial charge in [0.25, 0.3) is 11.8 Å². The van der Waals surface area contributed by atoms with Crippen molar-refractivity contribution >= 4 is 50.0 Å². The number of piperazine rings is 2. The number of amides is 2. The highest BCUT2D eigenvalue weighted by Crippen LogP contribution is 2.47. The minimum atomic E-state index is -1.70. The third-order valence-corrected chi connectivity index (χ3v) is 14.5. The van der Waals surface area contributed by atoms with E-state index in [1.807, 2.05) is 155 Å². The SMILES string of the molecule is O=Cc1c(-c2cccc(Br)c2)c(-c2ccccc2)c(C(=O)N2CCNC[C@H]2Cc2ccccc2)n1C(O)c1[nH]c(C(=O)N2CCNC[C@H]2Cc2ccccc2)c(-c2ccccc2)c1-c1cccc(Br)c1. The first kappa shape index (κ1) is 47.0. The number of aliphatic hydroxyl groups is 1. The Labute approximate surface area is 424 Å². The van der Waals surface area contributed by atoms with Gasteiger partial charge in [0, 0.05) is 82.6 Å². The molecule has 4 heterocycles. The molecule has 0 bridgehead atoms. The maximum Gasteiger partial charge on any atom is 0.271 e. The van der Waals surface area contributed by atoms with Crippen molar-refractivity contribution in [3.8, 4) is 44.5 Å². The van der Waals surface area contributed by atoms with E-state index in [9.17, 15) is 9.90 Å². The summed E-state index contributed by atoms with van der Waals surface area (Å²) in [6.07, 6.45) is 0.279. The quantitative estimate of drug-likeness (QED) is 0.0854. The van der Waals surface area contributed by atoms with Gasteiger partial charge in [-0.05, 0) is 70.5 Å². The molecule has 4 N–H and O–H groups in total. The molecule has 0 saturated carbocycles. The number of aromatic nitrogens is 2. The number of benzene rings is 6. The predicted molar refractivity (Wildman–Crippen MR) is 284 cm³/mol. The Kier molecular flexibility index (Phi) is 14.2. The Balaban J connectivity index is 1.24. The maximum absolute atomic E-state index is 16.1. The Morgan fingerprint density at radius 2 is 1.03 bits per heavy atom. The second kappa shape index (κ2) is 21.1. The van der Waals surface area contributed by atoms with Crippen LogP contribution in [0.5, 0.6) is 0 Å². The highest BCUT2D eigenvalue weighted by molar-refractivity contribution is 9.10. The van der Waals surface area contributed by atoms with Crippen molar-refractivity contribution in [2.24, 2.45) is 0 Å². The molecule has 0 spiro atoms. The van der Waals surface area contributed by atoms with Gasteiger partial charge < -0.3 is 35.1 Å². The van der Waals surface area contributed by atoms with Crippen LogP contribution >= 0.6 is 31.9 Å². The molecule has 6 aromatic carbocycles. The van der Waals surface area contributed by atoms with Crippen LogP contribution in [0.4, 0.5) is 0 Å². The monoisotopic (exact) mass is 1050 g/mol. The van der Waals surface area contributed by atoms with Gasteiger partial charge in [0.05, 0.1) is 11.4 Å². The van der Waals surface area contributed by atoms with Gasteiger partial charge in [-0.1, -0.05) is 177 Å². The second-order valence-corrected chi connectivity index (χ2v) is 19.7. The minimum Gasteiger partial charge on any atom is -0.368 e. The van der Waals surface area contributed by atoms with Crippen molar-refractivity contribution < 1.29 is 19.5 Å². The summed E-state index contributed by atoms with van der Waals surface area (Å²) in [7, 11) is 0. The van der Waals surface area contributed by atoms with Gasteiger partial charge in [-0.3, -0.25) is 14.4 Å². The first-order chi connectivity index (χ1) is 34.3. The third-order valence-electron chi connectivity index (χ3n) is 13.5. The van der Waals surface area contributed by atoms with E-state index in [1.54, 1.807) is 0 Å². The summed E-state index contributed by atoms with van der Waals surface area (Å²) in [5.74, 6) is -0.552. The smallest absolute Gasteiger partial charge is 0.271 e. The molecule has 3 atom stereocenters. The highest BCUT2D eigenvalue weighted by atomic mass is 79.9. The number of hydrogen-bond donors (Lipinski definition) is 4. The standard InChI is InChI=1S/C58H52Br2N6O4/c59-44-25-13-23-42(33-44)49-48(37-67)66(55(52(49)41-21-11-4-12-22-41)58(70)65-30-28-62-36-47(65)32-39-17-7-2-8-18-39)57(69)54-51(43-24-14-26-45(60)34-43)50(40-19-9-3-10-20-40)53(63-54)56(68)64-29-27-61-35-46(64)31-38-15-5-1-6-16-38/h1-26,33-34,37,46-47,57,61-63,69H,27-32,35-36H2/t46-,47-,57?/m1/s1. The highest BCUT2D eigenvalue weighted by Gasteiger charge is 2.40. The Morgan fingerprint density at radius 1 is 0.571 bits per heavy atom. The molecular formula is C58H52Br2N6O4. The van der Waals surface area contributed by atoms with Crippen molar-refractivity contribution in [1.29, 1.82) is 0 Å². The van der Waals surface area contributed by atoms with E-state index in [2.05, 4.69) is 71.7 Å². The molecule has 8 aromatic rings. The number of nitrogens with zero attached hydrogens (tertiary/aromatic N) is 3. The molecule has 2 amide bonds. The Bertz CT molecular complexity index is 3140. The zero-order valence-corrected chi connectivity index (χ0v) is 41.6. The number of carbonyl (C=O) groups is 3. The van der Waals surface area contributed by atoms with Crippen LogP contribution in [-0.4, -0.2) is 93.9 Å². The molecule has 12 heteroatoms. The molecule has 1 unspecified atom stereocenters. The lowest BCUT2D eigenvalue weighted by Crippen LogP contribution is -2.55. The van der Waals surface area contributed by atoms with Gasteiger partial charge in [0.1, 0.15) is 11.4 Å². The lowest BCUT2D eigenvalue weighted by molar-refractivity contribution is 0.0595. The van der Waals surface area contributed by atoms with Gasteiger partial charge in [-0.15, -0.1) is 0 Å². The number of aromatic amines is 1. The number of rotatable bonds is 13. The molecule has 0 radical (unpaired) electrons.